The van der Waals surface area contributed by atoms with Gasteiger partial charge in [0.2, 0.25) is 5.76 Å². The van der Waals surface area contributed by atoms with Crippen LogP contribution in [-0.4, -0.2) is 22.6 Å². The molecule has 0 fully saturated rings. The van der Waals surface area contributed by atoms with Crippen LogP contribution in [0.15, 0.2) is 46.0 Å². The fourth-order valence-electron chi connectivity index (χ4n) is 2.05. The summed E-state index contributed by atoms with van der Waals surface area (Å²) in [5.74, 6) is 1.08. The van der Waals surface area contributed by atoms with Gasteiger partial charge in [0.05, 0.1) is 23.9 Å². The van der Waals surface area contributed by atoms with Crippen LogP contribution in [0.25, 0.3) is 11.0 Å². The van der Waals surface area contributed by atoms with Gasteiger partial charge in [-0.2, -0.15) is 0 Å². The minimum Gasteiger partial charge on any atom is -0.463 e. The minimum absolute atomic E-state index is 0.220. The fourth-order valence-corrected chi connectivity index (χ4v) is 2.94. The molecule has 0 atom stereocenters. The van der Waals surface area contributed by atoms with Crippen LogP contribution in [0.1, 0.15) is 16.3 Å². The Balaban J connectivity index is 1.76. The van der Waals surface area contributed by atoms with Gasteiger partial charge in [0.15, 0.2) is 5.16 Å². The van der Waals surface area contributed by atoms with E-state index in [1.165, 1.54) is 7.11 Å². The molecule has 21 heavy (non-hydrogen) atoms. The molecule has 0 radical (unpaired) electrons. The summed E-state index contributed by atoms with van der Waals surface area (Å²) < 4.78 is 12.1. The number of hydrogen-bond acceptors (Lipinski definition) is 5. The van der Waals surface area contributed by atoms with E-state index >= 15 is 0 Å². The maximum Gasteiger partial charge on any atom is 0.373 e. The number of carbonyl (C=O) groups excluding carboxylic acids is 1. The Bertz CT molecular complexity index is 791. The van der Waals surface area contributed by atoms with Crippen LogP contribution in [0.5, 0.6) is 0 Å². The van der Waals surface area contributed by atoms with Gasteiger partial charge in [-0.15, -0.1) is 0 Å². The summed E-state index contributed by atoms with van der Waals surface area (Å²) in [7, 11) is 3.32. The van der Waals surface area contributed by atoms with Gasteiger partial charge in [0, 0.05) is 7.05 Å². The zero-order valence-corrected chi connectivity index (χ0v) is 12.5. The normalized spacial score (nSPS) is 11.0. The van der Waals surface area contributed by atoms with Gasteiger partial charge in [-0.25, -0.2) is 9.78 Å². The average Bonchev–Trinajstić information content (AvgIpc) is 3.10. The van der Waals surface area contributed by atoms with Crippen LogP contribution in [0.3, 0.4) is 0 Å². The Labute approximate surface area is 125 Å². The molecule has 3 rings (SSSR count). The molecule has 1 aromatic carbocycles. The first-order chi connectivity index (χ1) is 10.2. The lowest BCUT2D eigenvalue weighted by Gasteiger charge is -2.00. The Hall–Kier alpha value is -2.21. The quantitative estimate of drug-likeness (QED) is 0.547. The highest BCUT2D eigenvalue weighted by atomic mass is 32.2. The number of fused-ring (bicyclic) bond motifs is 1. The van der Waals surface area contributed by atoms with Crippen molar-refractivity contribution in [2.24, 2.45) is 7.05 Å². The molecule has 108 valence electrons. The molecule has 0 aliphatic rings. The fraction of sp³-hybridized carbons (Fsp3) is 0.200. The van der Waals surface area contributed by atoms with E-state index in [-0.39, 0.29) is 5.76 Å². The van der Waals surface area contributed by atoms with E-state index in [0.29, 0.717) is 11.5 Å². The Kier molecular flexibility index (Phi) is 3.70. The molecule has 2 aromatic heterocycles. The smallest absolute Gasteiger partial charge is 0.373 e. The van der Waals surface area contributed by atoms with Crippen molar-refractivity contribution >= 4 is 28.8 Å². The van der Waals surface area contributed by atoms with Crippen molar-refractivity contribution in [2.75, 3.05) is 7.11 Å². The number of aryl methyl sites for hydroxylation is 1. The SMILES string of the molecule is COC(=O)c1ccc(CSc2nc3ccccc3n2C)o1. The maximum absolute atomic E-state index is 11.3. The standard InChI is InChI=1S/C15H14N2O3S/c1-17-12-6-4-3-5-11(12)16-15(17)21-9-10-7-8-13(20-10)14(18)19-2/h3-8H,9H2,1-2H3. The van der Waals surface area contributed by atoms with Gasteiger partial charge in [0.25, 0.3) is 0 Å². The van der Waals surface area contributed by atoms with Crippen LogP contribution in [0, 0.1) is 0 Å². The van der Waals surface area contributed by atoms with E-state index < -0.39 is 5.97 Å². The highest BCUT2D eigenvalue weighted by Gasteiger charge is 2.13. The lowest BCUT2D eigenvalue weighted by atomic mass is 10.3. The van der Waals surface area contributed by atoms with Crippen molar-refractivity contribution in [1.29, 1.82) is 0 Å². The van der Waals surface area contributed by atoms with Gasteiger partial charge in [0.1, 0.15) is 5.76 Å². The van der Waals surface area contributed by atoms with E-state index in [2.05, 4.69) is 9.72 Å². The molecule has 0 aliphatic heterocycles. The summed E-state index contributed by atoms with van der Waals surface area (Å²) in [6.45, 7) is 0. The zero-order chi connectivity index (χ0) is 14.8. The second kappa shape index (κ2) is 5.65. The summed E-state index contributed by atoms with van der Waals surface area (Å²) in [5, 5.41) is 0.909. The van der Waals surface area contributed by atoms with Crippen molar-refractivity contribution in [3.8, 4) is 0 Å². The number of carbonyl (C=O) groups is 1. The largest absolute Gasteiger partial charge is 0.463 e. The minimum atomic E-state index is -0.464. The van der Waals surface area contributed by atoms with E-state index in [0.717, 1.165) is 16.2 Å². The van der Waals surface area contributed by atoms with Crippen molar-refractivity contribution < 1.29 is 13.9 Å². The predicted octanol–water partition coefficient (Wildman–Crippen LogP) is 3.25. The van der Waals surface area contributed by atoms with Gasteiger partial charge < -0.3 is 13.7 Å². The third-order valence-corrected chi connectivity index (χ3v) is 4.19. The number of aromatic nitrogens is 2. The van der Waals surface area contributed by atoms with Crippen molar-refractivity contribution in [2.45, 2.75) is 10.9 Å². The zero-order valence-electron chi connectivity index (χ0n) is 11.7. The molecule has 2 heterocycles. The average molecular weight is 302 g/mol. The van der Waals surface area contributed by atoms with Gasteiger partial charge in [-0.3, -0.25) is 0 Å². The third-order valence-electron chi connectivity index (χ3n) is 3.14. The number of hydrogen-bond donors (Lipinski definition) is 0. The molecule has 0 saturated heterocycles. The van der Waals surface area contributed by atoms with Crippen molar-refractivity contribution in [3.63, 3.8) is 0 Å². The number of nitrogens with zero attached hydrogens (tertiary/aromatic N) is 2. The van der Waals surface area contributed by atoms with Gasteiger partial charge in [-0.05, 0) is 24.3 Å². The van der Waals surface area contributed by atoms with Crippen LogP contribution in [0.2, 0.25) is 0 Å². The number of benzene rings is 1. The Morgan fingerprint density at radius 2 is 2.14 bits per heavy atom. The number of rotatable bonds is 4. The number of thioether (sulfide) groups is 1. The topological polar surface area (TPSA) is 57.3 Å². The van der Waals surface area contributed by atoms with E-state index in [9.17, 15) is 4.79 Å². The first-order valence-electron chi connectivity index (χ1n) is 6.40. The summed E-state index contributed by atoms with van der Waals surface area (Å²) in [4.78, 5) is 15.9. The molecule has 0 saturated carbocycles. The Morgan fingerprint density at radius 1 is 1.33 bits per heavy atom. The lowest BCUT2D eigenvalue weighted by Crippen LogP contribution is -1.98. The molecule has 0 N–H and O–H groups in total. The second-order valence-electron chi connectivity index (χ2n) is 4.49. The molecular formula is C15H14N2O3S. The monoisotopic (exact) mass is 302 g/mol. The number of esters is 1. The molecule has 0 aliphatic carbocycles. The third kappa shape index (κ3) is 2.67. The number of ether oxygens (including phenoxy) is 1. The first kappa shape index (κ1) is 13.8. The van der Waals surface area contributed by atoms with E-state index in [1.807, 2.05) is 35.9 Å². The second-order valence-corrected chi connectivity index (χ2v) is 5.43. The van der Waals surface area contributed by atoms with Crippen molar-refractivity contribution in [3.05, 3.63) is 47.9 Å². The molecule has 0 unspecified atom stereocenters. The molecule has 0 spiro atoms. The maximum atomic E-state index is 11.3. The number of methoxy groups -OCH3 is 1. The Morgan fingerprint density at radius 3 is 2.90 bits per heavy atom. The highest BCUT2D eigenvalue weighted by Crippen LogP contribution is 2.26. The van der Waals surface area contributed by atoms with Crippen LogP contribution < -0.4 is 0 Å². The number of para-hydroxylation sites is 2. The van der Waals surface area contributed by atoms with Crippen LogP contribution >= 0.6 is 11.8 Å². The molecule has 5 nitrogen and oxygen atoms in total. The summed E-state index contributed by atoms with van der Waals surface area (Å²) >= 11 is 1.56. The summed E-state index contributed by atoms with van der Waals surface area (Å²) in [5.41, 5.74) is 2.06. The molecule has 0 bridgehead atoms. The van der Waals surface area contributed by atoms with Gasteiger partial charge in [-0.1, -0.05) is 23.9 Å². The van der Waals surface area contributed by atoms with E-state index in [4.69, 9.17) is 4.42 Å². The van der Waals surface area contributed by atoms with Crippen LogP contribution in [0.4, 0.5) is 0 Å². The molecular weight excluding hydrogens is 288 g/mol. The summed E-state index contributed by atoms with van der Waals surface area (Å²) in [6, 6.07) is 11.4. The lowest BCUT2D eigenvalue weighted by molar-refractivity contribution is 0.0563. The van der Waals surface area contributed by atoms with Crippen molar-refractivity contribution in [1.82, 2.24) is 9.55 Å². The first-order valence-corrected chi connectivity index (χ1v) is 7.39. The molecule has 6 heteroatoms. The number of imidazole rings is 1. The highest BCUT2D eigenvalue weighted by molar-refractivity contribution is 7.98. The number of furan rings is 1. The summed E-state index contributed by atoms with van der Waals surface area (Å²) in [6.07, 6.45) is 0. The van der Waals surface area contributed by atoms with Crippen LogP contribution in [-0.2, 0) is 17.5 Å². The van der Waals surface area contributed by atoms with E-state index in [1.54, 1.807) is 23.9 Å². The molecule has 3 aromatic rings. The molecule has 0 amide bonds. The van der Waals surface area contributed by atoms with Gasteiger partial charge >= 0.3 is 5.97 Å². The predicted molar refractivity (Wildman–Crippen MR) is 80.3 cm³/mol.